The van der Waals surface area contributed by atoms with Crippen LogP contribution >= 0.6 is 11.3 Å². The van der Waals surface area contributed by atoms with Crippen molar-refractivity contribution in [3.8, 4) is 16.9 Å². The van der Waals surface area contributed by atoms with Crippen molar-refractivity contribution in [1.29, 1.82) is 0 Å². The van der Waals surface area contributed by atoms with Crippen LogP contribution in [0.15, 0.2) is 66.2 Å². The Kier molecular flexibility index (Phi) is 6.66. The largest absolute Gasteiger partial charge is 0.573 e. The van der Waals surface area contributed by atoms with Crippen molar-refractivity contribution in [3.05, 3.63) is 77.3 Å². The van der Waals surface area contributed by atoms with E-state index in [1.54, 1.807) is 19.1 Å². The van der Waals surface area contributed by atoms with Gasteiger partial charge in [-0.3, -0.25) is 4.79 Å². The molecule has 5 aromatic rings. The molecule has 0 amide bonds. The summed E-state index contributed by atoms with van der Waals surface area (Å²) in [5, 5.41) is 3.46. The van der Waals surface area contributed by atoms with Crippen LogP contribution in [0, 0.1) is 0 Å². The van der Waals surface area contributed by atoms with E-state index in [2.05, 4.69) is 4.74 Å². The molecule has 0 bridgehead atoms. The van der Waals surface area contributed by atoms with Gasteiger partial charge in [-0.2, -0.15) is 0 Å². The first kappa shape index (κ1) is 25.5. The molecule has 0 unspecified atom stereocenters. The number of fused-ring (bicyclic) bond motifs is 2. The van der Waals surface area contributed by atoms with E-state index in [0.717, 1.165) is 37.9 Å². The molecule has 10 heteroatoms. The number of hydrogen-bond donors (Lipinski definition) is 2. The van der Waals surface area contributed by atoms with E-state index in [1.807, 2.05) is 46.5 Å². The van der Waals surface area contributed by atoms with Crippen molar-refractivity contribution in [2.24, 2.45) is 0 Å². The Bertz CT molecular complexity index is 1640. The molecule has 3 aromatic carbocycles. The Morgan fingerprint density at radius 1 is 0.947 bits per heavy atom. The van der Waals surface area contributed by atoms with Crippen molar-refractivity contribution in [2.45, 2.75) is 26.3 Å². The minimum Gasteiger partial charge on any atom is -0.466 e. The number of nitrogens with zero attached hydrogens (tertiary/aromatic N) is 1. The summed E-state index contributed by atoms with van der Waals surface area (Å²) in [7, 11) is 0. The summed E-state index contributed by atoms with van der Waals surface area (Å²) in [6.07, 6.45) is -2.79. The lowest BCUT2D eigenvalue weighted by molar-refractivity contribution is -0.274. The second-order valence-corrected chi connectivity index (χ2v) is 9.76. The summed E-state index contributed by atoms with van der Waals surface area (Å²) in [5.41, 5.74) is 17.3. The van der Waals surface area contributed by atoms with Gasteiger partial charge in [-0.05, 0) is 77.0 Å². The number of carbonyl (C=O) groups excluding carboxylic acids is 1. The topological polar surface area (TPSA) is 92.5 Å². The van der Waals surface area contributed by atoms with Gasteiger partial charge in [0.05, 0.1) is 13.0 Å². The molecule has 0 fully saturated rings. The summed E-state index contributed by atoms with van der Waals surface area (Å²) in [4.78, 5) is 12.3. The Labute approximate surface area is 220 Å². The second kappa shape index (κ2) is 9.94. The highest BCUT2D eigenvalue weighted by Gasteiger charge is 2.31. The molecule has 0 atom stereocenters. The summed E-state index contributed by atoms with van der Waals surface area (Å²) in [6.45, 7) is 2.40. The predicted molar refractivity (Wildman–Crippen MR) is 144 cm³/mol. The van der Waals surface area contributed by atoms with Crippen molar-refractivity contribution in [1.82, 2.24) is 4.57 Å². The first-order valence-electron chi connectivity index (χ1n) is 11.8. The molecular weight excluding hydrogens is 515 g/mol. The summed E-state index contributed by atoms with van der Waals surface area (Å²) < 4.78 is 50.5. The number of ether oxygens (including phenoxy) is 2. The average molecular weight is 540 g/mol. The molecule has 0 aliphatic carbocycles. The average Bonchev–Trinajstić information content (AvgIpc) is 3.38. The van der Waals surface area contributed by atoms with Crippen molar-refractivity contribution >= 4 is 49.7 Å². The molecular formula is C28H24F3N3O3S. The smallest absolute Gasteiger partial charge is 0.466 e. The fourth-order valence-electron chi connectivity index (χ4n) is 4.59. The number of benzene rings is 3. The highest BCUT2D eigenvalue weighted by molar-refractivity contribution is 7.17. The third kappa shape index (κ3) is 5.40. The van der Waals surface area contributed by atoms with Gasteiger partial charge >= 0.3 is 12.3 Å². The molecule has 5 rings (SSSR count). The maximum absolute atomic E-state index is 12.8. The van der Waals surface area contributed by atoms with Gasteiger partial charge < -0.3 is 25.5 Å². The number of nitrogens with two attached hydrogens (primary N) is 2. The first-order chi connectivity index (χ1) is 18.1. The molecule has 0 saturated carbocycles. The van der Waals surface area contributed by atoms with Gasteiger partial charge in [-0.1, -0.05) is 12.1 Å². The van der Waals surface area contributed by atoms with Gasteiger partial charge in [-0.15, -0.1) is 24.5 Å². The quantitative estimate of drug-likeness (QED) is 0.177. The lowest BCUT2D eigenvalue weighted by Gasteiger charge is -2.10. The van der Waals surface area contributed by atoms with Gasteiger partial charge in [0.1, 0.15) is 5.75 Å². The zero-order valence-electron chi connectivity index (χ0n) is 20.3. The lowest BCUT2D eigenvalue weighted by Crippen LogP contribution is -2.16. The summed E-state index contributed by atoms with van der Waals surface area (Å²) in [6, 6.07) is 15.5. The van der Waals surface area contributed by atoms with Gasteiger partial charge in [0.2, 0.25) is 0 Å². The van der Waals surface area contributed by atoms with E-state index < -0.39 is 6.36 Å². The van der Waals surface area contributed by atoms with Crippen LogP contribution in [0.5, 0.6) is 5.75 Å². The molecule has 38 heavy (non-hydrogen) atoms. The Balaban J connectivity index is 1.59. The molecule has 0 spiro atoms. The lowest BCUT2D eigenvalue weighted by atomic mass is 10.0. The summed E-state index contributed by atoms with van der Waals surface area (Å²) in [5.74, 6) is -0.610. The fraction of sp³-hybridized carbons (Fsp3) is 0.179. The third-order valence-corrected chi connectivity index (χ3v) is 7.13. The third-order valence-electron chi connectivity index (χ3n) is 6.12. The number of carbonyl (C=O) groups is 1. The minimum absolute atomic E-state index is 0.0931. The van der Waals surface area contributed by atoms with Gasteiger partial charge in [0.15, 0.2) is 0 Å². The number of hydrogen-bond acceptors (Lipinski definition) is 6. The van der Waals surface area contributed by atoms with Gasteiger partial charge in [-0.25, -0.2) is 0 Å². The molecule has 0 saturated heterocycles. The monoisotopic (exact) mass is 539 g/mol. The van der Waals surface area contributed by atoms with Crippen LogP contribution in [0.2, 0.25) is 0 Å². The molecule has 2 aromatic heterocycles. The van der Waals surface area contributed by atoms with Crippen LogP contribution in [0.4, 0.5) is 24.5 Å². The maximum atomic E-state index is 12.8. The highest BCUT2D eigenvalue weighted by Crippen LogP contribution is 2.35. The van der Waals surface area contributed by atoms with E-state index in [1.165, 1.54) is 23.5 Å². The Morgan fingerprint density at radius 2 is 1.71 bits per heavy atom. The molecule has 196 valence electrons. The normalized spacial score (nSPS) is 11.8. The number of thiophene rings is 1. The summed E-state index contributed by atoms with van der Waals surface area (Å²) >= 11 is 1.44. The van der Waals surface area contributed by atoms with Crippen LogP contribution in [0.1, 0.15) is 18.1 Å². The number of nitrogen functional groups attached to an aromatic ring is 2. The van der Waals surface area contributed by atoms with Crippen molar-refractivity contribution in [3.63, 3.8) is 0 Å². The number of rotatable bonds is 7. The molecule has 0 radical (unpaired) electrons. The SMILES string of the molecule is CCOC(=O)Cc1cn(Cc2csc3ccc(OC(F)(F)F)cc23)c2cc(-c3cc(N)cc(N)c3)ccc12. The number of alkyl halides is 3. The highest BCUT2D eigenvalue weighted by atomic mass is 32.1. The number of aromatic nitrogens is 1. The van der Waals surface area contributed by atoms with E-state index >= 15 is 0 Å². The predicted octanol–water partition coefficient (Wildman–Crippen LogP) is 6.74. The standard InChI is InChI=1S/C28H24F3N3O3S/c1-2-36-27(35)10-18-13-34(14-19-15-38-26-6-4-22(12-24(19)26)37-28(29,30)31)25-9-16(3-5-23(18)25)17-7-20(32)11-21(33)8-17/h3-9,11-13,15H,2,10,14,32-33H2,1H3. The van der Waals surface area contributed by atoms with E-state index in [0.29, 0.717) is 23.3 Å². The van der Waals surface area contributed by atoms with Crippen LogP contribution in [0.3, 0.4) is 0 Å². The Hall–Kier alpha value is -4.18. The second-order valence-electron chi connectivity index (χ2n) is 8.85. The fourth-order valence-corrected chi connectivity index (χ4v) is 5.53. The first-order valence-corrected chi connectivity index (χ1v) is 12.7. The number of esters is 1. The van der Waals surface area contributed by atoms with E-state index in [4.69, 9.17) is 16.2 Å². The van der Waals surface area contributed by atoms with Gasteiger partial charge in [0.25, 0.3) is 0 Å². The molecule has 0 aliphatic heterocycles. The number of anilines is 2. The van der Waals surface area contributed by atoms with Crippen LogP contribution < -0.4 is 16.2 Å². The van der Waals surface area contributed by atoms with Crippen LogP contribution in [-0.2, 0) is 22.5 Å². The van der Waals surface area contributed by atoms with Gasteiger partial charge in [0, 0.05) is 45.1 Å². The minimum atomic E-state index is -4.77. The number of halogens is 3. The molecule has 4 N–H and O–H groups in total. The van der Waals surface area contributed by atoms with E-state index in [9.17, 15) is 18.0 Å². The molecule has 0 aliphatic rings. The zero-order chi connectivity index (χ0) is 27.0. The van der Waals surface area contributed by atoms with E-state index in [-0.39, 0.29) is 24.7 Å². The van der Waals surface area contributed by atoms with Crippen molar-refractivity contribution < 1.29 is 27.4 Å². The van der Waals surface area contributed by atoms with Crippen molar-refractivity contribution in [2.75, 3.05) is 18.1 Å². The maximum Gasteiger partial charge on any atom is 0.573 e. The molecule has 6 nitrogen and oxygen atoms in total. The van der Waals surface area contributed by atoms with Crippen LogP contribution in [0.25, 0.3) is 32.1 Å². The zero-order valence-corrected chi connectivity index (χ0v) is 21.2. The van der Waals surface area contributed by atoms with Crippen LogP contribution in [-0.4, -0.2) is 23.5 Å². The molecule has 2 heterocycles. The Morgan fingerprint density at radius 3 is 2.42 bits per heavy atom.